The van der Waals surface area contributed by atoms with E-state index >= 15 is 0 Å². The zero-order valence-electron chi connectivity index (χ0n) is 21.6. The van der Waals surface area contributed by atoms with Gasteiger partial charge in [-0.25, -0.2) is 0 Å². The van der Waals surface area contributed by atoms with Crippen molar-refractivity contribution in [3.05, 3.63) is 145 Å². The zero-order valence-corrected chi connectivity index (χ0v) is 21.6. The van der Waals surface area contributed by atoms with E-state index < -0.39 is 0 Å². The van der Waals surface area contributed by atoms with Gasteiger partial charge in [-0.1, -0.05) is 78.9 Å². The largest absolute Gasteiger partial charge is 0.439 e. The van der Waals surface area contributed by atoms with E-state index in [0.29, 0.717) is 11.7 Å². The van der Waals surface area contributed by atoms with Crippen molar-refractivity contribution >= 4 is 33.5 Å². The van der Waals surface area contributed by atoms with Crippen molar-refractivity contribution in [2.24, 2.45) is 4.99 Å². The molecule has 0 unspecified atom stereocenters. The number of hydrogen-bond donors (Lipinski definition) is 0. The second kappa shape index (κ2) is 9.87. The lowest BCUT2D eigenvalue weighted by molar-refractivity contribution is 0.509. The van der Waals surface area contributed by atoms with E-state index in [9.17, 15) is 0 Å². The van der Waals surface area contributed by atoms with Crippen molar-refractivity contribution < 1.29 is 4.74 Å². The van der Waals surface area contributed by atoms with Gasteiger partial charge in [0.15, 0.2) is 0 Å². The topological polar surface area (TPSA) is 26.5 Å². The standard InChI is InChI=1S/C35H28N2O/c1-24-10-9-13-29(22-24)35(36-3)38-25(2)26-16-19-30(20-17-26)37-33-15-8-7-14-31(33)32-23-28(18-21-34(32)37)27-11-5-4-6-12-27/h4-23H,2H2,1,3H3. The average Bonchev–Trinajstić information content (AvgIpc) is 3.30. The third kappa shape index (κ3) is 4.29. The summed E-state index contributed by atoms with van der Waals surface area (Å²) in [6, 6.07) is 42.3. The summed E-state index contributed by atoms with van der Waals surface area (Å²) in [5, 5.41) is 2.47. The average molecular weight is 493 g/mol. The summed E-state index contributed by atoms with van der Waals surface area (Å²) in [5.41, 5.74) is 8.87. The van der Waals surface area contributed by atoms with Crippen molar-refractivity contribution in [3.8, 4) is 16.8 Å². The van der Waals surface area contributed by atoms with Gasteiger partial charge in [-0.15, -0.1) is 0 Å². The van der Waals surface area contributed by atoms with Gasteiger partial charge < -0.3 is 9.30 Å². The molecule has 0 saturated carbocycles. The number of ether oxygens (including phenoxy) is 1. The first-order valence-corrected chi connectivity index (χ1v) is 12.7. The van der Waals surface area contributed by atoms with E-state index in [-0.39, 0.29) is 0 Å². The molecule has 0 radical (unpaired) electrons. The number of aliphatic imine (C=N–C) groups is 1. The highest BCUT2D eigenvalue weighted by atomic mass is 16.5. The normalized spacial score (nSPS) is 11.7. The van der Waals surface area contributed by atoms with Crippen LogP contribution in [0, 0.1) is 6.92 Å². The number of para-hydroxylation sites is 1. The lowest BCUT2D eigenvalue weighted by Crippen LogP contribution is -2.06. The Morgan fingerprint density at radius 1 is 0.658 bits per heavy atom. The Hall–Kier alpha value is -4.89. The second-order valence-electron chi connectivity index (χ2n) is 9.42. The van der Waals surface area contributed by atoms with Gasteiger partial charge in [0, 0.05) is 34.6 Å². The first-order chi connectivity index (χ1) is 18.6. The highest BCUT2D eigenvalue weighted by Crippen LogP contribution is 2.35. The molecule has 0 bridgehead atoms. The van der Waals surface area contributed by atoms with E-state index in [0.717, 1.165) is 22.4 Å². The molecule has 0 atom stereocenters. The first-order valence-electron chi connectivity index (χ1n) is 12.7. The minimum Gasteiger partial charge on any atom is -0.439 e. The Morgan fingerprint density at radius 2 is 1.39 bits per heavy atom. The van der Waals surface area contributed by atoms with Crippen LogP contribution in [0.3, 0.4) is 0 Å². The number of aryl methyl sites for hydroxylation is 1. The van der Waals surface area contributed by atoms with Gasteiger partial charge in [0.1, 0.15) is 5.76 Å². The van der Waals surface area contributed by atoms with E-state index in [4.69, 9.17) is 4.74 Å². The fourth-order valence-electron chi connectivity index (χ4n) is 5.05. The molecule has 0 aliphatic heterocycles. The molecule has 3 heteroatoms. The molecular weight excluding hydrogens is 464 g/mol. The predicted molar refractivity (Wildman–Crippen MR) is 160 cm³/mol. The predicted octanol–water partition coefficient (Wildman–Crippen LogP) is 8.82. The molecule has 1 aromatic heterocycles. The second-order valence-corrected chi connectivity index (χ2v) is 9.42. The van der Waals surface area contributed by atoms with Crippen LogP contribution in [0.1, 0.15) is 16.7 Å². The molecule has 0 amide bonds. The van der Waals surface area contributed by atoms with Gasteiger partial charge in [0.2, 0.25) is 5.90 Å². The lowest BCUT2D eigenvalue weighted by Gasteiger charge is -2.13. The molecule has 0 spiro atoms. The molecule has 38 heavy (non-hydrogen) atoms. The van der Waals surface area contributed by atoms with Crippen LogP contribution in [0.2, 0.25) is 0 Å². The summed E-state index contributed by atoms with van der Waals surface area (Å²) in [6.45, 7) is 6.24. The number of aromatic nitrogens is 1. The minimum atomic E-state index is 0.555. The molecule has 0 saturated heterocycles. The molecule has 5 aromatic carbocycles. The number of nitrogens with zero attached hydrogens (tertiary/aromatic N) is 2. The highest BCUT2D eigenvalue weighted by molar-refractivity contribution is 6.10. The summed E-state index contributed by atoms with van der Waals surface area (Å²) in [4.78, 5) is 4.35. The van der Waals surface area contributed by atoms with Crippen LogP contribution >= 0.6 is 0 Å². The molecule has 3 nitrogen and oxygen atoms in total. The van der Waals surface area contributed by atoms with Crippen LogP contribution in [0.4, 0.5) is 0 Å². The Labute approximate surface area is 223 Å². The van der Waals surface area contributed by atoms with Crippen LogP contribution < -0.4 is 0 Å². The third-order valence-corrected chi connectivity index (χ3v) is 6.92. The quantitative estimate of drug-likeness (QED) is 0.134. The highest BCUT2D eigenvalue weighted by Gasteiger charge is 2.14. The minimum absolute atomic E-state index is 0.555. The van der Waals surface area contributed by atoms with Crippen molar-refractivity contribution in [2.45, 2.75) is 6.92 Å². The summed E-state index contributed by atoms with van der Waals surface area (Å²) in [7, 11) is 1.74. The summed E-state index contributed by atoms with van der Waals surface area (Å²) >= 11 is 0. The Kier molecular flexibility index (Phi) is 6.11. The van der Waals surface area contributed by atoms with Crippen LogP contribution in [-0.2, 0) is 4.74 Å². The molecule has 1 heterocycles. The molecule has 0 fully saturated rings. The Morgan fingerprint density at radius 3 is 2.16 bits per heavy atom. The van der Waals surface area contributed by atoms with Gasteiger partial charge in [-0.2, -0.15) is 0 Å². The number of benzene rings is 5. The third-order valence-electron chi connectivity index (χ3n) is 6.92. The number of rotatable bonds is 5. The molecule has 0 aliphatic rings. The van der Waals surface area contributed by atoms with E-state index in [1.54, 1.807) is 7.05 Å². The van der Waals surface area contributed by atoms with Crippen molar-refractivity contribution in [3.63, 3.8) is 0 Å². The van der Waals surface area contributed by atoms with Gasteiger partial charge >= 0.3 is 0 Å². The smallest absolute Gasteiger partial charge is 0.221 e. The summed E-state index contributed by atoms with van der Waals surface area (Å²) in [6.07, 6.45) is 0. The fraction of sp³-hybridized carbons (Fsp3) is 0.0571. The van der Waals surface area contributed by atoms with Crippen molar-refractivity contribution in [2.75, 3.05) is 7.05 Å². The lowest BCUT2D eigenvalue weighted by atomic mass is 10.0. The van der Waals surface area contributed by atoms with Crippen LogP contribution in [0.5, 0.6) is 0 Å². The van der Waals surface area contributed by atoms with Gasteiger partial charge in [0.05, 0.1) is 11.0 Å². The van der Waals surface area contributed by atoms with Crippen molar-refractivity contribution in [1.29, 1.82) is 0 Å². The zero-order chi connectivity index (χ0) is 26.1. The maximum absolute atomic E-state index is 6.10. The molecule has 6 aromatic rings. The Bertz CT molecular complexity index is 1810. The van der Waals surface area contributed by atoms with E-state index in [1.807, 2.05) is 12.1 Å². The molecular formula is C35H28N2O. The van der Waals surface area contributed by atoms with Gasteiger partial charge in [-0.3, -0.25) is 4.99 Å². The summed E-state index contributed by atoms with van der Waals surface area (Å²) in [5.74, 6) is 1.12. The summed E-state index contributed by atoms with van der Waals surface area (Å²) < 4.78 is 8.42. The maximum Gasteiger partial charge on any atom is 0.221 e. The SMILES string of the molecule is C=C(OC(=NC)c1cccc(C)c1)c1ccc(-n2c3ccccc3c3cc(-c4ccccc4)ccc32)cc1. The maximum atomic E-state index is 6.10. The van der Waals surface area contributed by atoms with Crippen molar-refractivity contribution in [1.82, 2.24) is 4.57 Å². The number of hydrogen-bond acceptors (Lipinski definition) is 2. The monoisotopic (exact) mass is 492 g/mol. The first kappa shape index (κ1) is 23.5. The van der Waals surface area contributed by atoms with Crippen LogP contribution in [0.15, 0.2) is 133 Å². The fourth-order valence-corrected chi connectivity index (χ4v) is 5.05. The molecule has 0 N–H and O–H groups in total. The van der Waals surface area contributed by atoms with Gasteiger partial charge in [-0.05, 0) is 72.6 Å². The molecule has 6 rings (SSSR count). The van der Waals surface area contributed by atoms with Gasteiger partial charge in [0.25, 0.3) is 0 Å². The Balaban J connectivity index is 1.36. The van der Waals surface area contributed by atoms with Crippen LogP contribution in [-0.4, -0.2) is 17.5 Å². The van der Waals surface area contributed by atoms with E-state index in [1.165, 1.54) is 32.9 Å². The number of fused-ring (bicyclic) bond motifs is 3. The molecule has 0 aliphatic carbocycles. The molecule has 184 valence electrons. The van der Waals surface area contributed by atoms with Crippen LogP contribution in [0.25, 0.3) is 44.4 Å². The van der Waals surface area contributed by atoms with E-state index in [2.05, 4.69) is 132 Å².